The molecule has 6 heteroatoms. The van der Waals surface area contributed by atoms with E-state index in [9.17, 15) is 13.2 Å². The van der Waals surface area contributed by atoms with Crippen molar-refractivity contribution in [1.29, 1.82) is 5.26 Å². The molecule has 0 bridgehead atoms. The number of hydrogen-bond acceptors (Lipinski definition) is 3. The summed E-state index contributed by atoms with van der Waals surface area (Å²) >= 11 is 0. The summed E-state index contributed by atoms with van der Waals surface area (Å²) in [6.45, 7) is 4.97. The van der Waals surface area contributed by atoms with Crippen molar-refractivity contribution < 1.29 is 17.9 Å². The molecule has 1 fully saturated rings. The molecule has 1 unspecified atom stereocenters. The summed E-state index contributed by atoms with van der Waals surface area (Å²) in [7, 11) is 0. The fourth-order valence-corrected chi connectivity index (χ4v) is 2.45. The van der Waals surface area contributed by atoms with E-state index in [1.807, 2.05) is 19.9 Å². The second kappa shape index (κ2) is 5.57. The molecule has 0 radical (unpaired) electrons. The van der Waals surface area contributed by atoms with E-state index in [0.29, 0.717) is 26.1 Å². The maximum atomic E-state index is 13.2. The molecule has 1 aromatic carbocycles. The Bertz CT molecular complexity index is 565. The van der Waals surface area contributed by atoms with Gasteiger partial charge in [0.2, 0.25) is 0 Å². The van der Waals surface area contributed by atoms with Gasteiger partial charge in [0, 0.05) is 13.1 Å². The van der Waals surface area contributed by atoms with Crippen LogP contribution < -0.4 is 4.90 Å². The normalized spacial score (nSPS) is 23.0. The molecular weight excluding hydrogens is 281 g/mol. The van der Waals surface area contributed by atoms with E-state index in [1.54, 1.807) is 4.90 Å². The van der Waals surface area contributed by atoms with Crippen LogP contribution in [0.15, 0.2) is 18.2 Å². The van der Waals surface area contributed by atoms with Crippen LogP contribution in [0.2, 0.25) is 0 Å². The predicted octanol–water partition coefficient (Wildman–Crippen LogP) is 3.58. The largest absolute Gasteiger partial charge is 0.418 e. The third kappa shape index (κ3) is 3.30. The Labute approximate surface area is 121 Å². The van der Waals surface area contributed by atoms with Crippen LogP contribution in [-0.4, -0.2) is 25.3 Å². The minimum atomic E-state index is -4.44. The van der Waals surface area contributed by atoms with Gasteiger partial charge in [-0.05, 0) is 31.5 Å². The highest BCUT2D eigenvalue weighted by Crippen LogP contribution is 2.38. The van der Waals surface area contributed by atoms with Crippen molar-refractivity contribution in [3.05, 3.63) is 29.3 Å². The molecule has 1 aliphatic heterocycles. The number of ether oxygens (including phenoxy) is 1. The minimum Gasteiger partial charge on any atom is -0.372 e. The highest BCUT2D eigenvalue weighted by Gasteiger charge is 2.38. The zero-order valence-electron chi connectivity index (χ0n) is 12.0. The van der Waals surface area contributed by atoms with E-state index < -0.39 is 17.3 Å². The molecule has 21 heavy (non-hydrogen) atoms. The first-order chi connectivity index (χ1) is 9.79. The number of halogens is 3. The Morgan fingerprint density at radius 2 is 2.14 bits per heavy atom. The lowest BCUT2D eigenvalue weighted by Gasteiger charge is -2.42. The molecule has 0 saturated carbocycles. The first kappa shape index (κ1) is 15.6. The van der Waals surface area contributed by atoms with Crippen LogP contribution in [0.4, 0.5) is 18.9 Å². The molecule has 1 atom stereocenters. The first-order valence-corrected chi connectivity index (χ1v) is 6.79. The summed E-state index contributed by atoms with van der Waals surface area (Å²) in [6, 6.07) is 5.38. The Kier molecular flexibility index (Phi) is 4.15. The number of morpholine rings is 1. The molecule has 3 nitrogen and oxygen atoms in total. The van der Waals surface area contributed by atoms with Crippen molar-refractivity contribution >= 4 is 5.69 Å². The summed E-state index contributed by atoms with van der Waals surface area (Å²) in [6.07, 6.45) is -3.73. The van der Waals surface area contributed by atoms with Gasteiger partial charge < -0.3 is 9.64 Å². The van der Waals surface area contributed by atoms with Gasteiger partial charge in [0.25, 0.3) is 0 Å². The lowest BCUT2D eigenvalue weighted by Crippen LogP contribution is -2.50. The SMILES string of the molecule is CCC1(C)CN(c2cc(C#N)ccc2C(F)(F)F)CCO1. The molecule has 1 heterocycles. The molecule has 1 saturated heterocycles. The average molecular weight is 298 g/mol. The fraction of sp³-hybridized carbons (Fsp3) is 0.533. The zero-order valence-corrected chi connectivity index (χ0v) is 12.0. The molecule has 2 rings (SSSR count). The Hall–Kier alpha value is -1.74. The van der Waals surface area contributed by atoms with Gasteiger partial charge in [0.05, 0.1) is 35.1 Å². The van der Waals surface area contributed by atoms with Crippen LogP contribution in [0, 0.1) is 11.3 Å². The van der Waals surface area contributed by atoms with Gasteiger partial charge in [-0.25, -0.2) is 0 Å². The zero-order chi connectivity index (χ0) is 15.7. The maximum Gasteiger partial charge on any atom is 0.418 e. The number of anilines is 1. The van der Waals surface area contributed by atoms with Crippen molar-refractivity contribution in [3.63, 3.8) is 0 Å². The lowest BCUT2D eigenvalue weighted by atomic mass is 9.99. The smallest absolute Gasteiger partial charge is 0.372 e. The van der Waals surface area contributed by atoms with Crippen LogP contribution in [0.25, 0.3) is 0 Å². The van der Waals surface area contributed by atoms with Gasteiger partial charge in [-0.1, -0.05) is 6.92 Å². The quantitative estimate of drug-likeness (QED) is 0.837. The van der Waals surface area contributed by atoms with Crippen LogP contribution in [0.5, 0.6) is 0 Å². The second-order valence-electron chi connectivity index (χ2n) is 5.41. The fourth-order valence-electron chi connectivity index (χ4n) is 2.45. The van der Waals surface area contributed by atoms with E-state index in [4.69, 9.17) is 10.00 Å². The third-order valence-corrected chi connectivity index (χ3v) is 3.86. The van der Waals surface area contributed by atoms with Crippen molar-refractivity contribution in [2.45, 2.75) is 32.0 Å². The number of benzene rings is 1. The van der Waals surface area contributed by atoms with Crippen LogP contribution in [-0.2, 0) is 10.9 Å². The van der Waals surface area contributed by atoms with Crippen molar-refractivity contribution in [3.8, 4) is 6.07 Å². The van der Waals surface area contributed by atoms with Gasteiger partial charge in [-0.2, -0.15) is 18.4 Å². The molecule has 114 valence electrons. The monoisotopic (exact) mass is 298 g/mol. The third-order valence-electron chi connectivity index (χ3n) is 3.86. The summed E-state index contributed by atoms with van der Waals surface area (Å²) in [5, 5.41) is 8.93. The van der Waals surface area contributed by atoms with Gasteiger partial charge in [-0.15, -0.1) is 0 Å². The molecule has 0 aliphatic carbocycles. The van der Waals surface area contributed by atoms with Crippen LogP contribution >= 0.6 is 0 Å². The predicted molar refractivity (Wildman–Crippen MR) is 73.0 cm³/mol. The standard InChI is InChI=1S/C15H17F3N2O/c1-3-14(2)10-20(6-7-21-14)13-8-11(9-19)4-5-12(13)15(16,17)18/h4-5,8H,3,6-7,10H2,1-2H3. The van der Waals surface area contributed by atoms with E-state index in [-0.39, 0.29) is 11.3 Å². The second-order valence-corrected chi connectivity index (χ2v) is 5.41. The van der Waals surface area contributed by atoms with Crippen LogP contribution in [0.3, 0.4) is 0 Å². The number of nitriles is 1. The Morgan fingerprint density at radius 1 is 1.43 bits per heavy atom. The number of alkyl halides is 3. The summed E-state index contributed by atoms with van der Waals surface area (Å²) < 4.78 is 45.2. The first-order valence-electron chi connectivity index (χ1n) is 6.79. The highest BCUT2D eigenvalue weighted by molar-refractivity contribution is 5.59. The number of hydrogen-bond donors (Lipinski definition) is 0. The lowest BCUT2D eigenvalue weighted by molar-refractivity contribution is -0.137. The topological polar surface area (TPSA) is 36.3 Å². The highest BCUT2D eigenvalue weighted by atomic mass is 19.4. The Balaban J connectivity index is 2.44. The van der Waals surface area contributed by atoms with Gasteiger partial charge in [0.1, 0.15) is 0 Å². The molecule has 0 amide bonds. The molecule has 0 N–H and O–H groups in total. The van der Waals surface area contributed by atoms with Crippen LogP contribution in [0.1, 0.15) is 31.4 Å². The van der Waals surface area contributed by atoms with Crippen molar-refractivity contribution in [1.82, 2.24) is 0 Å². The van der Waals surface area contributed by atoms with Gasteiger partial charge >= 0.3 is 6.18 Å². The molecular formula is C15H17F3N2O. The molecule has 0 aromatic heterocycles. The summed E-state index contributed by atoms with van der Waals surface area (Å²) in [4.78, 5) is 1.66. The van der Waals surface area contributed by atoms with E-state index >= 15 is 0 Å². The van der Waals surface area contributed by atoms with E-state index in [2.05, 4.69) is 0 Å². The molecule has 0 spiro atoms. The Morgan fingerprint density at radius 3 is 2.71 bits per heavy atom. The number of rotatable bonds is 2. The summed E-state index contributed by atoms with van der Waals surface area (Å²) in [5.41, 5.74) is -0.891. The summed E-state index contributed by atoms with van der Waals surface area (Å²) in [5.74, 6) is 0. The van der Waals surface area contributed by atoms with Gasteiger partial charge in [0.15, 0.2) is 0 Å². The maximum absolute atomic E-state index is 13.2. The number of nitrogens with zero attached hydrogens (tertiary/aromatic N) is 2. The van der Waals surface area contributed by atoms with Crippen molar-refractivity contribution in [2.75, 3.05) is 24.6 Å². The minimum absolute atomic E-state index is 0.0597. The van der Waals surface area contributed by atoms with Gasteiger partial charge in [-0.3, -0.25) is 0 Å². The van der Waals surface area contributed by atoms with Crippen molar-refractivity contribution in [2.24, 2.45) is 0 Å². The van der Waals surface area contributed by atoms with E-state index in [1.165, 1.54) is 12.1 Å². The average Bonchev–Trinajstić information content (AvgIpc) is 2.45. The molecule has 1 aromatic rings. The van der Waals surface area contributed by atoms with E-state index in [0.717, 1.165) is 6.07 Å². The molecule has 1 aliphatic rings.